The summed E-state index contributed by atoms with van der Waals surface area (Å²) in [5, 5.41) is 15.0. The Morgan fingerprint density at radius 3 is 2.78 bits per heavy atom. The number of halogens is 1. The highest BCUT2D eigenvalue weighted by atomic mass is 35.5. The van der Waals surface area contributed by atoms with Crippen molar-refractivity contribution in [1.82, 2.24) is 20.1 Å². The van der Waals surface area contributed by atoms with Crippen LogP contribution in [0.3, 0.4) is 0 Å². The molecule has 3 rings (SSSR count). The van der Waals surface area contributed by atoms with Gasteiger partial charge in [-0.2, -0.15) is 5.26 Å². The fourth-order valence-electron chi connectivity index (χ4n) is 2.86. The van der Waals surface area contributed by atoms with Gasteiger partial charge in [-0.3, -0.25) is 4.90 Å². The zero-order valence-corrected chi connectivity index (χ0v) is 16.4. The highest BCUT2D eigenvalue weighted by Crippen LogP contribution is 2.23. The van der Waals surface area contributed by atoms with Gasteiger partial charge in [-0.25, -0.2) is 9.78 Å². The van der Waals surface area contributed by atoms with Crippen LogP contribution in [-0.4, -0.2) is 60.1 Å². The Labute approximate surface area is 167 Å². The van der Waals surface area contributed by atoms with E-state index in [9.17, 15) is 4.79 Å². The molecule has 1 aliphatic heterocycles. The van der Waals surface area contributed by atoms with E-state index in [0.717, 1.165) is 24.0 Å². The molecule has 1 aliphatic rings. The number of amides is 2. The molecule has 2 N–H and O–H groups in total. The van der Waals surface area contributed by atoms with E-state index in [1.54, 1.807) is 29.7 Å². The van der Waals surface area contributed by atoms with Crippen LogP contribution < -0.4 is 10.6 Å². The van der Waals surface area contributed by atoms with Crippen LogP contribution >= 0.6 is 22.9 Å². The van der Waals surface area contributed by atoms with Crippen molar-refractivity contribution in [3.8, 4) is 6.07 Å². The van der Waals surface area contributed by atoms with E-state index in [-0.39, 0.29) is 6.03 Å². The second kappa shape index (κ2) is 9.55. The molecule has 2 aromatic heterocycles. The first kappa shape index (κ1) is 19.4. The number of anilines is 1. The average Bonchev–Trinajstić information content (AvgIpc) is 3.10. The van der Waals surface area contributed by atoms with Gasteiger partial charge in [-0.1, -0.05) is 11.6 Å². The third-order valence-corrected chi connectivity index (χ3v) is 5.51. The summed E-state index contributed by atoms with van der Waals surface area (Å²) in [6.45, 7) is 4.96. The maximum atomic E-state index is 12.3. The third kappa shape index (κ3) is 5.57. The molecular weight excluding hydrogens is 384 g/mol. The molecule has 0 aliphatic carbocycles. The Morgan fingerprint density at radius 1 is 1.26 bits per heavy atom. The fraction of sp³-hybridized carbons (Fsp3) is 0.389. The molecule has 2 amide bonds. The maximum Gasteiger partial charge on any atom is 0.317 e. The van der Waals surface area contributed by atoms with E-state index in [2.05, 4.69) is 32.7 Å². The van der Waals surface area contributed by atoms with Crippen LogP contribution in [0.15, 0.2) is 30.5 Å². The van der Waals surface area contributed by atoms with Gasteiger partial charge >= 0.3 is 6.03 Å². The number of pyridine rings is 1. The van der Waals surface area contributed by atoms with Crippen LogP contribution in [0.25, 0.3) is 0 Å². The van der Waals surface area contributed by atoms with Gasteiger partial charge in [-0.05, 0) is 24.3 Å². The van der Waals surface area contributed by atoms with Crippen molar-refractivity contribution < 1.29 is 4.79 Å². The standard InChI is InChI=1S/C18H21ClN6OS/c19-16-4-3-15(27-16)13-24-8-10-25(11-9-24)18(26)23-7-6-22-17-14(12-20)2-1-5-21-17/h1-5H,6-11,13H2,(H,21,22)(H,23,26). The molecule has 142 valence electrons. The van der Waals surface area contributed by atoms with Crippen molar-refractivity contribution in [2.45, 2.75) is 6.54 Å². The molecule has 9 heteroatoms. The Hall–Kier alpha value is -2.34. The summed E-state index contributed by atoms with van der Waals surface area (Å²) >= 11 is 7.57. The lowest BCUT2D eigenvalue weighted by Gasteiger charge is -2.34. The van der Waals surface area contributed by atoms with Crippen molar-refractivity contribution in [1.29, 1.82) is 5.26 Å². The van der Waals surface area contributed by atoms with Crippen LogP contribution in [0.4, 0.5) is 10.6 Å². The molecule has 7 nitrogen and oxygen atoms in total. The topological polar surface area (TPSA) is 84.3 Å². The number of rotatable bonds is 6. The molecule has 0 bridgehead atoms. The van der Waals surface area contributed by atoms with Gasteiger partial charge in [0.25, 0.3) is 0 Å². The van der Waals surface area contributed by atoms with Crippen molar-refractivity contribution >= 4 is 34.8 Å². The number of piperazine rings is 1. The highest BCUT2D eigenvalue weighted by Gasteiger charge is 2.21. The predicted molar refractivity (Wildman–Crippen MR) is 107 cm³/mol. The molecule has 0 spiro atoms. The van der Waals surface area contributed by atoms with Gasteiger partial charge in [0.2, 0.25) is 0 Å². The summed E-state index contributed by atoms with van der Waals surface area (Å²) in [7, 11) is 0. The van der Waals surface area contributed by atoms with E-state index < -0.39 is 0 Å². The number of carbonyl (C=O) groups excluding carboxylic acids is 1. The minimum Gasteiger partial charge on any atom is -0.367 e. The third-order valence-electron chi connectivity index (χ3n) is 4.29. The van der Waals surface area contributed by atoms with Gasteiger partial charge < -0.3 is 15.5 Å². The van der Waals surface area contributed by atoms with Crippen LogP contribution in [0.2, 0.25) is 4.34 Å². The lowest BCUT2D eigenvalue weighted by molar-refractivity contribution is 0.136. The molecule has 1 saturated heterocycles. The summed E-state index contributed by atoms with van der Waals surface area (Å²) in [5.41, 5.74) is 0.493. The monoisotopic (exact) mass is 404 g/mol. The van der Waals surface area contributed by atoms with Gasteiger partial charge in [0.05, 0.1) is 9.90 Å². The normalized spacial score (nSPS) is 14.6. The van der Waals surface area contributed by atoms with Crippen LogP contribution in [-0.2, 0) is 6.54 Å². The smallest absolute Gasteiger partial charge is 0.317 e. The first-order valence-electron chi connectivity index (χ1n) is 8.74. The summed E-state index contributed by atoms with van der Waals surface area (Å²) in [4.78, 5) is 21.8. The van der Waals surface area contributed by atoms with E-state index in [1.165, 1.54) is 4.88 Å². The SMILES string of the molecule is N#Cc1cccnc1NCCNC(=O)N1CCN(Cc2ccc(Cl)s2)CC1. The molecule has 0 saturated carbocycles. The number of carbonyl (C=O) groups is 1. The zero-order valence-electron chi connectivity index (χ0n) is 14.8. The van der Waals surface area contributed by atoms with Crippen molar-refractivity contribution in [2.24, 2.45) is 0 Å². The zero-order chi connectivity index (χ0) is 19.1. The first-order chi connectivity index (χ1) is 13.2. The lowest BCUT2D eigenvalue weighted by atomic mass is 10.3. The van der Waals surface area contributed by atoms with Gasteiger partial charge in [0, 0.05) is 56.9 Å². The van der Waals surface area contributed by atoms with E-state index in [0.29, 0.717) is 37.6 Å². The van der Waals surface area contributed by atoms with Crippen molar-refractivity contribution in [3.63, 3.8) is 0 Å². The largest absolute Gasteiger partial charge is 0.367 e. The number of nitrogens with zero attached hydrogens (tertiary/aromatic N) is 4. The van der Waals surface area contributed by atoms with Gasteiger partial charge in [-0.15, -0.1) is 11.3 Å². The molecule has 0 radical (unpaired) electrons. The van der Waals surface area contributed by atoms with E-state index in [1.807, 2.05) is 11.0 Å². The molecular formula is C18H21ClN6OS. The Morgan fingerprint density at radius 2 is 2.07 bits per heavy atom. The van der Waals surface area contributed by atoms with Crippen LogP contribution in [0.1, 0.15) is 10.4 Å². The Balaban J connectivity index is 1.35. The molecule has 1 fully saturated rings. The molecule has 2 aromatic rings. The Kier molecular flexibility index (Phi) is 6.87. The quantitative estimate of drug-likeness (QED) is 0.723. The second-order valence-electron chi connectivity index (χ2n) is 6.14. The molecule has 0 unspecified atom stereocenters. The maximum absolute atomic E-state index is 12.3. The van der Waals surface area contributed by atoms with Crippen LogP contribution in [0.5, 0.6) is 0 Å². The van der Waals surface area contributed by atoms with Gasteiger partial charge in [0.1, 0.15) is 11.9 Å². The second-order valence-corrected chi connectivity index (χ2v) is 7.94. The number of nitriles is 1. The fourth-order valence-corrected chi connectivity index (χ4v) is 3.99. The molecule has 0 atom stereocenters. The number of hydrogen-bond acceptors (Lipinski definition) is 6. The Bertz CT molecular complexity index is 812. The number of aromatic nitrogens is 1. The first-order valence-corrected chi connectivity index (χ1v) is 9.93. The molecule has 0 aromatic carbocycles. The predicted octanol–water partition coefficient (Wildman–Crippen LogP) is 2.61. The minimum atomic E-state index is -0.0582. The summed E-state index contributed by atoms with van der Waals surface area (Å²) in [5.74, 6) is 0.538. The molecule has 27 heavy (non-hydrogen) atoms. The average molecular weight is 405 g/mol. The van der Waals surface area contributed by atoms with Gasteiger partial charge in [0.15, 0.2) is 0 Å². The molecule has 3 heterocycles. The number of hydrogen-bond donors (Lipinski definition) is 2. The minimum absolute atomic E-state index is 0.0582. The summed E-state index contributed by atoms with van der Waals surface area (Å²) < 4.78 is 0.809. The number of thiophene rings is 1. The summed E-state index contributed by atoms with van der Waals surface area (Å²) in [6.07, 6.45) is 1.63. The lowest BCUT2D eigenvalue weighted by Crippen LogP contribution is -2.51. The highest BCUT2D eigenvalue weighted by molar-refractivity contribution is 7.16. The number of nitrogens with one attached hydrogen (secondary N) is 2. The number of urea groups is 1. The van der Waals surface area contributed by atoms with Crippen molar-refractivity contribution in [2.75, 3.05) is 44.6 Å². The van der Waals surface area contributed by atoms with E-state index in [4.69, 9.17) is 16.9 Å². The van der Waals surface area contributed by atoms with Crippen molar-refractivity contribution in [3.05, 3.63) is 45.2 Å². The summed E-state index contributed by atoms with van der Waals surface area (Å²) in [6, 6.07) is 9.43. The van der Waals surface area contributed by atoms with Crippen LogP contribution in [0, 0.1) is 11.3 Å². The van der Waals surface area contributed by atoms with E-state index >= 15 is 0 Å².